The van der Waals surface area contributed by atoms with Gasteiger partial charge in [0.05, 0.1) is 23.6 Å². The van der Waals surface area contributed by atoms with Crippen molar-refractivity contribution in [2.45, 2.75) is 38.6 Å². The predicted molar refractivity (Wildman–Crippen MR) is 122 cm³/mol. The number of nitrogens with zero attached hydrogens (tertiary/aromatic N) is 8. The van der Waals surface area contributed by atoms with E-state index in [-0.39, 0.29) is 0 Å². The predicted octanol–water partition coefficient (Wildman–Crippen LogP) is 3.70. The lowest BCUT2D eigenvalue weighted by atomic mass is 9.93. The van der Waals surface area contributed by atoms with E-state index >= 15 is 0 Å². The van der Waals surface area contributed by atoms with E-state index in [1.54, 1.807) is 0 Å². The molecule has 0 radical (unpaired) electrons. The Morgan fingerprint density at radius 2 is 1.97 bits per heavy atom. The van der Waals surface area contributed by atoms with Crippen molar-refractivity contribution in [2.75, 3.05) is 0 Å². The minimum atomic E-state index is 0.337. The Balaban J connectivity index is 1.35. The molecule has 1 unspecified atom stereocenters. The molecular formula is C24H24N8. The van der Waals surface area contributed by atoms with Crippen LogP contribution in [0.5, 0.6) is 0 Å². The lowest BCUT2D eigenvalue weighted by Crippen LogP contribution is -2.20. The van der Waals surface area contributed by atoms with Crippen LogP contribution in [0.3, 0.4) is 0 Å². The van der Waals surface area contributed by atoms with Gasteiger partial charge in [-0.1, -0.05) is 19.1 Å². The third kappa shape index (κ3) is 3.10. The second kappa shape index (κ2) is 7.40. The molecule has 8 heteroatoms. The van der Waals surface area contributed by atoms with Crippen molar-refractivity contribution >= 4 is 10.9 Å². The highest BCUT2D eigenvalue weighted by Crippen LogP contribution is 2.30. The molecule has 5 heterocycles. The number of rotatable bonds is 4. The van der Waals surface area contributed by atoms with Gasteiger partial charge >= 0.3 is 0 Å². The number of pyridine rings is 1. The van der Waals surface area contributed by atoms with Crippen molar-refractivity contribution in [3.05, 3.63) is 72.5 Å². The molecule has 1 aliphatic rings. The molecule has 160 valence electrons. The Morgan fingerprint density at radius 3 is 2.81 bits per heavy atom. The van der Waals surface area contributed by atoms with Crippen LogP contribution in [0.2, 0.25) is 0 Å². The van der Waals surface area contributed by atoms with Crippen molar-refractivity contribution in [2.24, 2.45) is 7.05 Å². The fourth-order valence-electron chi connectivity index (χ4n) is 4.67. The largest absolute Gasteiger partial charge is 0.315 e. The van der Waals surface area contributed by atoms with Gasteiger partial charge in [-0.25, -0.2) is 4.68 Å². The standard InChI is InChI=1S/C24H24N8/c1-3-23-28-29-24-11-17(7-9-31(23)24)21-12-20(6-8-25-21)32-22-10-16(4-5-18(22)13-27-32)19-14-26-30(2)15-19/h4-6,8,10,12-15,17H,3,7,9,11H2,1-2H3. The molecule has 8 nitrogen and oxygen atoms in total. The third-order valence-electron chi connectivity index (χ3n) is 6.39. The molecular weight excluding hydrogens is 400 g/mol. The minimum Gasteiger partial charge on any atom is -0.315 e. The van der Waals surface area contributed by atoms with Gasteiger partial charge in [0.2, 0.25) is 0 Å². The van der Waals surface area contributed by atoms with E-state index in [1.165, 1.54) is 0 Å². The van der Waals surface area contributed by atoms with Gasteiger partial charge in [-0.15, -0.1) is 10.2 Å². The Labute approximate surface area is 185 Å². The normalized spacial score (nSPS) is 15.9. The van der Waals surface area contributed by atoms with Crippen LogP contribution in [-0.2, 0) is 26.4 Å². The highest BCUT2D eigenvalue weighted by Gasteiger charge is 2.25. The summed E-state index contributed by atoms with van der Waals surface area (Å²) in [5.74, 6) is 2.48. The molecule has 0 aliphatic carbocycles. The average molecular weight is 425 g/mol. The summed E-state index contributed by atoms with van der Waals surface area (Å²) in [6.45, 7) is 3.07. The zero-order valence-corrected chi connectivity index (χ0v) is 18.2. The average Bonchev–Trinajstić information content (AvgIpc) is 3.56. The fourth-order valence-corrected chi connectivity index (χ4v) is 4.67. The molecule has 32 heavy (non-hydrogen) atoms. The van der Waals surface area contributed by atoms with E-state index in [1.807, 2.05) is 47.3 Å². The van der Waals surface area contributed by atoms with E-state index in [4.69, 9.17) is 4.98 Å². The Bertz CT molecular complexity index is 1420. The Morgan fingerprint density at radius 1 is 1.03 bits per heavy atom. The second-order valence-corrected chi connectivity index (χ2v) is 8.40. The summed E-state index contributed by atoms with van der Waals surface area (Å²) in [7, 11) is 1.93. The van der Waals surface area contributed by atoms with Crippen molar-refractivity contribution in [3.8, 4) is 16.8 Å². The number of hydrogen-bond acceptors (Lipinski definition) is 5. The smallest absolute Gasteiger partial charge is 0.133 e. The van der Waals surface area contributed by atoms with E-state index in [0.717, 1.165) is 70.9 Å². The van der Waals surface area contributed by atoms with Crippen LogP contribution in [0.1, 0.15) is 36.6 Å². The highest BCUT2D eigenvalue weighted by atomic mass is 15.3. The van der Waals surface area contributed by atoms with Gasteiger partial charge in [0.15, 0.2) is 0 Å². The topological polar surface area (TPSA) is 79.2 Å². The summed E-state index contributed by atoms with van der Waals surface area (Å²) in [6, 6.07) is 10.6. The van der Waals surface area contributed by atoms with E-state index in [9.17, 15) is 0 Å². The third-order valence-corrected chi connectivity index (χ3v) is 6.39. The molecule has 0 saturated carbocycles. The van der Waals surface area contributed by atoms with Gasteiger partial charge in [-0.3, -0.25) is 9.67 Å². The van der Waals surface area contributed by atoms with Gasteiger partial charge < -0.3 is 4.57 Å². The quantitative estimate of drug-likeness (QED) is 0.439. The number of hydrogen-bond donors (Lipinski definition) is 0. The zero-order chi connectivity index (χ0) is 21.7. The fraction of sp³-hybridized carbons (Fsp3) is 0.292. The van der Waals surface area contributed by atoms with Crippen LogP contribution in [0.15, 0.2) is 55.1 Å². The van der Waals surface area contributed by atoms with Gasteiger partial charge in [0, 0.05) is 61.4 Å². The molecule has 4 aromatic heterocycles. The summed E-state index contributed by atoms with van der Waals surface area (Å²) in [6.07, 6.45) is 10.5. The summed E-state index contributed by atoms with van der Waals surface area (Å²) < 4.78 is 6.09. The number of aromatic nitrogens is 8. The van der Waals surface area contributed by atoms with Crippen LogP contribution in [-0.4, -0.2) is 39.3 Å². The monoisotopic (exact) mass is 424 g/mol. The Hall–Kier alpha value is -3.81. The molecule has 6 rings (SSSR count). The zero-order valence-electron chi connectivity index (χ0n) is 18.2. The van der Waals surface area contributed by atoms with Crippen molar-refractivity contribution < 1.29 is 0 Å². The van der Waals surface area contributed by atoms with Gasteiger partial charge in [0.1, 0.15) is 11.6 Å². The second-order valence-electron chi connectivity index (χ2n) is 8.40. The first-order valence-corrected chi connectivity index (χ1v) is 11.0. The molecule has 0 amide bonds. The number of benzene rings is 1. The maximum absolute atomic E-state index is 4.71. The maximum Gasteiger partial charge on any atom is 0.133 e. The molecule has 1 atom stereocenters. The van der Waals surface area contributed by atoms with Crippen molar-refractivity contribution in [3.63, 3.8) is 0 Å². The molecule has 1 aliphatic heterocycles. The van der Waals surface area contributed by atoms with Crippen LogP contribution in [0, 0.1) is 0 Å². The highest BCUT2D eigenvalue weighted by molar-refractivity contribution is 5.85. The molecule has 1 aromatic carbocycles. The number of fused-ring (bicyclic) bond motifs is 2. The summed E-state index contributed by atoms with van der Waals surface area (Å²) in [5.41, 5.74) is 5.39. The molecule has 0 bridgehead atoms. The molecule has 0 saturated heterocycles. The van der Waals surface area contributed by atoms with Crippen molar-refractivity contribution in [1.29, 1.82) is 0 Å². The lowest BCUT2D eigenvalue weighted by molar-refractivity contribution is 0.450. The summed E-state index contributed by atoms with van der Waals surface area (Å²) in [5, 5.41) is 18.9. The SMILES string of the molecule is CCc1nnc2n1CCC(c1cc(-n3ncc4ccc(-c5cnn(C)c5)cc43)ccn1)C2. The van der Waals surface area contributed by atoms with E-state index < -0.39 is 0 Å². The van der Waals surface area contributed by atoms with E-state index in [0.29, 0.717) is 5.92 Å². The van der Waals surface area contributed by atoms with Gasteiger partial charge in [-0.2, -0.15) is 10.2 Å². The Kier molecular flexibility index (Phi) is 4.38. The van der Waals surface area contributed by atoms with E-state index in [2.05, 4.69) is 56.2 Å². The first-order valence-electron chi connectivity index (χ1n) is 11.0. The number of aryl methyl sites for hydroxylation is 2. The summed E-state index contributed by atoms with van der Waals surface area (Å²) in [4.78, 5) is 4.71. The van der Waals surface area contributed by atoms with Crippen molar-refractivity contribution in [1.82, 2.24) is 39.3 Å². The van der Waals surface area contributed by atoms with Gasteiger partial charge in [0.25, 0.3) is 0 Å². The maximum atomic E-state index is 4.71. The van der Waals surface area contributed by atoms with Crippen LogP contribution >= 0.6 is 0 Å². The first-order chi connectivity index (χ1) is 15.7. The van der Waals surface area contributed by atoms with Gasteiger partial charge in [-0.05, 0) is 30.2 Å². The van der Waals surface area contributed by atoms with Crippen LogP contribution in [0.4, 0.5) is 0 Å². The molecule has 0 fully saturated rings. The van der Waals surface area contributed by atoms with Crippen LogP contribution < -0.4 is 0 Å². The molecule has 5 aromatic rings. The molecule has 0 spiro atoms. The van der Waals surface area contributed by atoms with Crippen LogP contribution in [0.25, 0.3) is 27.7 Å². The first kappa shape index (κ1) is 18.9. The minimum absolute atomic E-state index is 0.337. The summed E-state index contributed by atoms with van der Waals surface area (Å²) >= 11 is 0. The lowest BCUT2D eigenvalue weighted by Gasteiger charge is -2.23. The molecule has 0 N–H and O–H groups in total.